The van der Waals surface area contributed by atoms with Gasteiger partial charge in [0, 0.05) is 7.05 Å². The van der Waals surface area contributed by atoms with Crippen LogP contribution in [0.5, 0.6) is 0 Å². The molecule has 0 saturated carbocycles. The lowest BCUT2D eigenvalue weighted by atomic mass is 10.2. The van der Waals surface area contributed by atoms with E-state index in [1.165, 1.54) is 7.05 Å². The molecule has 0 aliphatic rings. The summed E-state index contributed by atoms with van der Waals surface area (Å²) in [6.07, 6.45) is -0.124. The highest BCUT2D eigenvalue weighted by atomic mass is 32.2. The number of esters is 1. The molecule has 8 heteroatoms. The second-order valence-electron chi connectivity index (χ2n) is 3.65. The Morgan fingerprint density at radius 3 is 2.28 bits per heavy atom. The average Bonchev–Trinajstić information content (AvgIpc) is 2.27. The van der Waals surface area contributed by atoms with E-state index >= 15 is 0 Å². The first kappa shape index (κ1) is 16.9. The number of carbonyl (C=O) groups is 2. The molecule has 0 heterocycles. The maximum atomic E-state index is 11.8. The van der Waals surface area contributed by atoms with Crippen LogP contribution in [0, 0.1) is 0 Å². The molecule has 1 N–H and O–H groups in total. The van der Waals surface area contributed by atoms with Crippen LogP contribution in [0.2, 0.25) is 0 Å². The summed E-state index contributed by atoms with van der Waals surface area (Å²) >= 11 is 0. The molecule has 0 spiro atoms. The molecule has 0 aromatic carbocycles. The fraction of sp³-hybridized carbons (Fsp3) is 0.800. The van der Waals surface area contributed by atoms with E-state index in [2.05, 4.69) is 4.74 Å². The highest BCUT2D eigenvalue weighted by Gasteiger charge is 2.30. The van der Waals surface area contributed by atoms with Crippen molar-refractivity contribution < 1.29 is 27.9 Å². The van der Waals surface area contributed by atoms with E-state index in [0.29, 0.717) is 0 Å². The van der Waals surface area contributed by atoms with E-state index in [0.717, 1.165) is 4.31 Å². The summed E-state index contributed by atoms with van der Waals surface area (Å²) in [5.74, 6) is -2.27. The molecule has 0 rings (SSSR count). The maximum Gasteiger partial charge on any atom is 0.321 e. The van der Waals surface area contributed by atoms with E-state index in [9.17, 15) is 18.0 Å². The summed E-state index contributed by atoms with van der Waals surface area (Å²) in [5.41, 5.74) is 0. The van der Waals surface area contributed by atoms with Crippen molar-refractivity contribution in [2.75, 3.05) is 19.4 Å². The van der Waals surface area contributed by atoms with Crippen LogP contribution in [0.15, 0.2) is 0 Å². The predicted octanol–water partition coefficient (Wildman–Crippen LogP) is 0.0644. The van der Waals surface area contributed by atoms with Crippen LogP contribution in [0.25, 0.3) is 0 Å². The first-order valence-electron chi connectivity index (χ1n) is 5.60. The minimum Gasteiger partial charge on any atom is -0.480 e. The average molecular weight is 281 g/mol. The number of hydrogen-bond acceptors (Lipinski definition) is 5. The summed E-state index contributed by atoms with van der Waals surface area (Å²) in [6.45, 7) is 3.38. The van der Waals surface area contributed by atoms with Gasteiger partial charge in [-0.15, -0.1) is 0 Å². The smallest absolute Gasteiger partial charge is 0.321 e. The molecule has 0 aliphatic carbocycles. The van der Waals surface area contributed by atoms with Gasteiger partial charge in [-0.1, -0.05) is 6.92 Å². The first-order chi connectivity index (χ1) is 8.26. The minimum absolute atomic E-state index is 0.157. The van der Waals surface area contributed by atoms with Crippen molar-refractivity contribution >= 4 is 22.0 Å². The number of aliphatic carboxylic acids is 1. The number of ether oxygens (including phenoxy) is 1. The molecule has 0 radical (unpaired) electrons. The van der Waals surface area contributed by atoms with Crippen LogP contribution in [0.3, 0.4) is 0 Å². The van der Waals surface area contributed by atoms with E-state index in [1.54, 1.807) is 13.8 Å². The number of nitrogens with zero attached hydrogens (tertiary/aromatic N) is 1. The predicted molar refractivity (Wildman–Crippen MR) is 64.5 cm³/mol. The van der Waals surface area contributed by atoms with Crippen LogP contribution >= 0.6 is 0 Å². The zero-order valence-electron chi connectivity index (χ0n) is 10.7. The number of rotatable bonds is 8. The van der Waals surface area contributed by atoms with Crippen molar-refractivity contribution in [3.63, 3.8) is 0 Å². The molecule has 0 bridgehead atoms. The van der Waals surface area contributed by atoms with Gasteiger partial charge in [-0.2, -0.15) is 4.31 Å². The van der Waals surface area contributed by atoms with Crippen molar-refractivity contribution in [1.82, 2.24) is 4.31 Å². The number of hydrogen-bond donors (Lipinski definition) is 1. The highest BCUT2D eigenvalue weighted by Crippen LogP contribution is 2.10. The fourth-order valence-electron chi connectivity index (χ4n) is 1.37. The second kappa shape index (κ2) is 7.32. The minimum atomic E-state index is -3.78. The summed E-state index contributed by atoms with van der Waals surface area (Å²) in [6, 6.07) is -1.11. The lowest BCUT2D eigenvalue weighted by molar-refractivity contribution is -0.142. The number of carbonyl (C=O) groups excluding carboxylic acids is 1. The normalized spacial score (nSPS) is 13.3. The number of sulfonamides is 1. The van der Waals surface area contributed by atoms with Crippen molar-refractivity contribution in [1.29, 1.82) is 0 Å². The lowest BCUT2D eigenvalue weighted by Crippen LogP contribution is -2.43. The van der Waals surface area contributed by atoms with Crippen LogP contribution in [-0.2, 0) is 24.3 Å². The molecule has 0 fully saturated rings. The quantitative estimate of drug-likeness (QED) is 0.631. The summed E-state index contributed by atoms with van der Waals surface area (Å²) < 4.78 is 29.0. The molecule has 7 nitrogen and oxygen atoms in total. The monoisotopic (exact) mass is 281 g/mol. The molecule has 1 atom stereocenters. The van der Waals surface area contributed by atoms with Gasteiger partial charge in [-0.3, -0.25) is 9.59 Å². The van der Waals surface area contributed by atoms with Crippen molar-refractivity contribution in [2.24, 2.45) is 0 Å². The van der Waals surface area contributed by atoms with Gasteiger partial charge in [-0.25, -0.2) is 8.42 Å². The van der Waals surface area contributed by atoms with E-state index < -0.39 is 33.8 Å². The van der Waals surface area contributed by atoms with Gasteiger partial charge >= 0.3 is 11.9 Å². The van der Waals surface area contributed by atoms with Crippen LogP contribution in [0.1, 0.15) is 26.7 Å². The zero-order valence-corrected chi connectivity index (χ0v) is 11.6. The van der Waals surface area contributed by atoms with Crippen LogP contribution < -0.4 is 0 Å². The SMILES string of the molecule is CCOC(=O)CCS(=O)(=O)N(C)C(CC)C(=O)O. The Balaban J connectivity index is 4.62. The van der Waals surface area contributed by atoms with Gasteiger partial charge < -0.3 is 9.84 Å². The Morgan fingerprint density at radius 2 is 1.89 bits per heavy atom. The van der Waals surface area contributed by atoms with Gasteiger partial charge in [-0.05, 0) is 13.3 Å². The Morgan fingerprint density at radius 1 is 1.33 bits per heavy atom. The van der Waals surface area contributed by atoms with Gasteiger partial charge in [0.1, 0.15) is 6.04 Å². The molecule has 0 aromatic rings. The van der Waals surface area contributed by atoms with Crippen molar-refractivity contribution in [2.45, 2.75) is 32.7 Å². The standard InChI is InChI=1S/C10H19NO6S/c1-4-8(10(13)14)11(3)18(15,16)7-6-9(12)17-5-2/h8H,4-7H2,1-3H3,(H,13,14). The summed E-state index contributed by atoms with van der Waals surface area (Å²) in [7, 11) is -2.58. The van der Waals surface area contributed by atoms with Gasteiger partial charge in [0.25, 0.3) is 0 Å². The molecular formula is C10H19NO6S. The molecule has 0 amide bonds. The lowest BCUT2D eigenvalue weighted by Gasteiger charge is -2.22. The van der Waals surface area contributed by atoms with E-state index in [-0.39, 0.29) is 19.4 Å². The molecule has 18 heavy (non-hydrogen) atoms. The third-order valence-corrected chi connectivity index (χ3v) is 4.27. The Hall–Kier alpha value is -1.15. The topological polar surface area (TPSA) is 101 Å². The third kappa shape index (κ3) is 5.01. The summed E-state index contributed by atoms with van der Waals surface area (Å²) in [5, 5.41) is 8.87. The Kier molecular flexibility index (Phi) is 6.85. The second-order valence-corrected chi connectivity index (χ2v) is 5.80. The Bertz CT molecular complexity index is 391. The Labute approximate surface area is 107 Å². The van der Waals surface area contributed by atoms with Gasteiger partial charge in [0.2, 0.25) is 10.0 Å². The van der Waals surface area contributed by atoms with Crippen molar-refractivity contribution in [3.8, 4) is 0 Å². The highest BCUT2D eigenvalue weighted by molar-refractivity contribution is 7.89. The summed E-state index contributed by atoms with van der Waals surface area (Å²) in [4.78, 5) is 21.9. The molecular weight excluding hydrogens is 262 g/mol. The molecule has 0 saturated heterocycles. The van der Waals surface area contributed by atoms with Crippen molar-refractivity contribution in [3.05, 3.63) is 0 Å². The van der Waals surface area contributed by atoms with Crippen LogP contribution in [-0.4, -0.2) is 55.2 Å². The number of carboxylic acid groups (broad SMARTS) is 1. The third-order valence-electron chi connectivity index (χ3n) is 2.42. The van der Waals surface area contributed by atoms with Crippen LogP contribution in [0.4, 0.5) is 0 Å². The van der Waals surface area contributed by atoms with Gasteiger partial charge in [0.05, 0.1) is 18.8 Å². The zero-order chi connectivity index (χ0) is 14.3. The fourth-order valence-corrected chi connectivity index (χ4v) is 2.71. The van der Waals surface area contributed by atoms with Gasteiger partial charge in [0.15, 0.2) is 0 Å². The number of carboxylic acids is 1. The molecule has 1 unspecified atom stereocenters. The van der Waals surface area contributed by atoms with E-state index in [4.69, 9.17) is 5.11 Å². The molecule has 0 aromatic heterocycles. The largest absolute Gasteiger partial charge is 0.480 e. The first-order valence-corrected chi connectivity index (χ1v) is 7.21. The number of likely N-dealkylation sites (N-methyl/N-ethyl adjacent to an activating group) is 1. The molecule has 106 valence electrons. The van der Waals surface area contributed by atoms with E-state index in [1.807, 2.05) is 0 Å². The maximum absolute atomic E-state index is 11.8. The molecule has 0 aliphatic heterocycles.